The van der Waals surface area contributed by atoms with Crippen molar-refractivity contribution in [2.75, 3.05) is 5.32 Å². The number of carboxylic acids is 1. The average Bonchev–Trinajstić information content (AvgIpc) is 2.31. The summed E-state index contributed by atoms with van der Waals surface area (Å²) in [5.74, 6) is -1.58. The molecular weight excluding hydrogens is 389 g/mol. The molecule has 0 aliphatic carbocycles. The van der Waals surface area contributed by atoms with Crippen LogP contribution in [0.15, 0.2) is 18.2 Å². The van der Waals surface area contributed by atoms with Gasteiger partial charge in [0.1, 0.15) is 9.65 Å². The van der Waals surface area contributed by atoms with Gasteiger partial charge in [0.25, 0.3) is 0 Å². The Bertz CT molecular complexity index is 481. The highest BCUT2D eigenvalue weighted by molar-refractivity contribution is 9.12. The van der Waals surface area contributed by atoms with E-state index in [4.69, 9.17) is 16.7 Å². The second-order valence-electron chi connectivity index (χ2n) is 3.59. The number of anilines is 1. The Kier molecular flexibility index (Phi) is 5.62. The van der Waals surface area contributed by atoms with Crippen molar-refractivity contribution >= 4 is 61.0 Å². The highest BCUT2D eigenvalue weighted by Gasteiger charge is 2.29. The maximum atomic E-state index is 11.8. The minimum absolute atomic E-state index is 0.459. The van der Waals surface area contributed by atoms with Gasteiger partial charge >= 0.3 is 5.97 Å². The molecule has 0 saturated heterocycles. The van der Waals surface area contributed by atoms with Crippen LogP contribution >= 0.6 is 43.5 Å². The predicted molar refractivity (Wildman–Crippen MR) is 77.9 cm³/mol. The first-order chi connectivity index (χ1) is 8.32. The summed E-state index contributed by atoms with van der Waals surface area (Å²) in [7, 11) is 0. The summed E-state index contributed by atoms with van der Waals surface area (Å²) < 4.78 is 0. The van der Waals surface area contributed by atoms with Crippen LogP contribution in [0.5, 0.6) is 0 Å². The molecule has 1 rings (SSSR count). The molecule has 1 aromatic rings. The molecule has 2 N–H and O–H groups in total. The topological polar surface area (TPSA) is 66.4 Å². The van der Waals surface area contributed by atoms with Crippen LogP contribution in [0.4, 0.5) is 5.69 Å². The van der Waals surface area contributed by atoms with Crippen molar-refractivity contribution in [1.29, 1.82) is 0 Å². The van der Waals surface area contributed by atoms with Crippen molar-refractivity contribution in [1.82, 2.24) is 0 Å². The van der Waals surface area contributed by atoms with Gasteiger partial charge in [0.15, 0.2) is 0 Å². The van der Waals surface area contributed by atoms with Crippen LogP contribution < -0.4 is 5.32 Å². The lowest BCUT2D eigenvalue weighted by molar-refractivity contribution is -0.137. The Balaban J connectivity index is 2.75. The van der Waals surface area contributed by atoms with Crippen LogP contribution in [0.1, 0.15) is 5.56 Å². The quantitative estimate of drug-likeness (QED) is 0.764. The van der Waals surface area contributed by atoms with Crippen molar-refractivity contribution in [3.8, 4) is 0 Å². The number of carbonyl (C=O) groups is 2. The molecule has 1 amide bonds. The number of halogens is 3. The van der Waals surface area contributed by atoms with Gasteiger partial charge in [-0.3, -0.25) is 9.59 Å². The van der Waals surface area contributed by atoms with E-state index in [2.05, 4.69) is 37.2 Å². The third-order valence-electron chi connectivity index (χ3n) is 2.18. The van der Waals surface area contributed by atoms with Crippen LogP contribution in [-0.2, 0) is 9.59 Å². The Hall–Kier alpha value is -0.590. The van der Waals surface area contributed by atoms with E-state index in [0.717, 1.165) is 5.56 Å². The van der Waals surface area contributed by atoms with E-state index < -0.39 is 21.5 Å². The van der Waals surface area contributed by atoms with Gasteiger partial charge in [-0.2, -0.15) is 0 Å². The smallest absolute Gasteiger partial charge is 0.318 e. The maximum Gasteiger partial charge on any atom is 0.318 e. The van der Waals surface area contributed by atoms with E-state index in [9.17, 15) is 9.59 Å². The number of carbonyl (C=O) groups excluding carboxylic acids is 1. The third-order valence-corrected chi connectivity index (χ3v) is 5.16. The van der Waals surface area contributed by atoms with Gasteiger partial charge in [0, 0.05) is 10.7 Å². The van der Waals surface area contributed by atoms with Crippen LogP contribution in [0.2, 0.25) is 5.02 Å². The van der Waals surface area contributed by atoms with Crippen molar-refractivity contribution in [2.45, 2.75) is 16.6 Å². The Morgan fingerprint density at radius 3 is 2.44 bits per heavy atom. The molecule has 98 valence electrons. The first kappa shape index (κ1) is 15.5. The minimum atomic E-state index is -1.12. The molecule has 18 heavy (non-hydrogen) atoms. The molecule has 0 fully saturated rings. The number of alkyl halides is 2. The van der Waals surface area contributed by atoms with Gasteiger partial charge in [0.2, 0.25) is 5.91 Å². The maximum absolute atomic E-state index is 11.8. The zero-order chi connectivity index (χ0) is 13.9. The number of benzene rings is 1. The molecule has 0 spiro atoms. The number of hydrogen-bond donors (Lipinski definition) is 2. The number of rotatable bonds is 4. The Morgan fingerprint density at radius 2 is 1.94 bits per heavy atom. The number of hydrogen-bond acceptors (Lipinski definition) is 2. The normalized spacial score (nSPS) is 13.8. The van der Waals surface area contributed by atoms with Gasteiger partial charge in [-0.05, 0) is 24.6 Å². The Labute approximate surface area is 126 Å². The zero-order valence-corrected chi connectivity index (χ0v) is 13.2. The molecule has 0 bridgehead atoms. The van der Waals surface area contributed by atoms with Crippen LogP contribution in [-0.4, -0.2) is 26.6 Å². The molecule has 1 aromatic carbocycles. The first-order valence-corrected chi connectivity index (χ1v) is 7.12. The fourth-order valence-electron chi connectivity index (χ4n) is 1.14. The van der Waals surface area contributed by atoms with E-state index in [1.807, 2.05) is 6.92 Å². The number of amides is 1. The molecule has 2 atom stereocenters. The minimum Gasteiger partial charge on any atom is -0.480 e. The summed E-state index contributed by atoms with van der Waals surface area (Å²) in [6.07, 6.45) is 0. The van der Waals surface area contributed by atoms with Crippen molar-refractivity contribution in [2.24, 2.45) is 0 Å². The summed E-state index contributed by atoms with van der Waals surface area (Å²) in [6, 6.07) is 5.07. The monoisotopic (exact) mass is 397 g/mol. The number of aliphatic carboxylic acids is 1. The molecule has 0 aliphatic rings. The fraction of sp³-hybridized carbons (Fsp3) is 0.273. The van der Waals surface area contributed by atoms with E-state index >= 15 is 0 Å². The molecule has 0 aromatic heterocycles. The zero-order valence-electron chi connectivity index (χ0n) is 9.28. The Morgan fingerprint density at radius 1 is 1.33 bits per heavy atom. The molecule has 0 saturated carbocycles. The standard InChI is InChI=1S/C11H10Br2ClNO3/c1-5-2-3-6(4-7(5)14)15-10(16)8(12)9(13)11(17)18/h2-4,8-9H,1H3,(H,15,16)(H,17,18). The number of aryl methyl sites for hydroxylation is 1. The van der Waals surface area contributed by atoms with E-state index in [-0.39, 0.29) is 0 Å². The highest BCUT2D eigenvalue weighted by Crippen LogP contribution is 2.22. The van der Waals surface area contributed by atoms with E-state index in [1.165, 1.54) is 0 Å². The van der Waals surface area contributed by atoms with Crippen LogP contribution in [0, 0.1) is 6.92 Å². The summed E-state index contributed by atoms with van der Waals surface area (Å²) >= 11 is 11.9. The van der Waals surface area contributed by atoms with E-state index in [0.29, 0.717) is 10.7 Å². The van der Waals surface area contributed by atoms with Gasteiger partial charge < -0.3 is 10.4 Å². The van der Waals surface area contributed by atoms with Gasteiger partial charge in [0.05, 0.1) is 0 Å². The summed E-state index contributed by atoms with van der Waals surface area (Å²) in [6.45, 7) is 1.85. The third kappa shape index (κ3) is 3.96. The van der Waals surface area contributed by atoms with Gasteiger partial charge in [-0.1, -0.05) is 49.5 Å². The molecule has 0 aliphatic heterocycles. The molecule has 4 nitrogen and oxygen atoms in total. The molecular formula is C11H10Br2ClNO3. The number of nitrogens with one attached hydrogen (secondary N) is 1. The highest BCUT2D eigenvalue weighted by atomic mass is 79.9. The lowest BCUT2D eigenvalue weighted by atomic mass is 10.2. The lowest BCUT2D eigenvalue weighted by Gasteiger charge is -2.13. The SMILES string of the molecule is Cc1ccc(NC(=O)C(Br)C(Br)C(=O)O)cc1Cl. The van der Waals surface area contributed by atoms with Crippen molar-refractivity contribution in [3.63, 3.8) is 0 Å². The van der Waals surface area contributed by atoms with E-state index in [1.54, 1.807) is 18.2 Å². The van der Waals surface area contributed by atoms with Crippen LogP contribution in [0.3, 0.4) is 0 Å². The van der Waals surface area contributed by atoms with Crippen molar-refractivity contribution in [3.05, 3.63) is 28.8 Å². The first-order valence-electron chi connectivity index (χ1n) is 4.91. The van der Waals surface area contributed by atoms with Gasteiger partial charge in [-0.25, -0.2) is 0 Å². The largest absolute Gasteiger partial charge is 0.480 e. The number of carboxylic acid groups (broad SMARTS) is 1. The fourth-order valence-corrected chi connectivity index (χ4v) is 1.90. The molecule has 7 heteroatoms. The molecule has 2 unspecified atom stereocenters. The van der Waals surface area contributed by atoms with Crippen molar-refractivity contribution < 1.29 is 14.7 Å². The van der Waals surface area contributed by atoms with Crippen LogP contribution in [0.25, 0.3) is 0 Å². The predicted octanol–water partition coefficient (Wildman–Crippen LogP) is 3.20. The second-order valence-corrected chi connectivity index (χ2v) is 5.98. The second kappa shape index (κ2) is 6.54. The molecule has 0 heterocycles. The summed E-state index contributed by atoms with van der Waals surface area (Å²) in [5, 5.41) is 11.9. The average molecular weight is 399 g/mol. The lowest BCUT2D eigenvalue weighted by Crippen LogP contribution is -2.34. The summed E-state index contributed by atoms with van der Waals surface area (Å²) in [5.41, 5.74) is 1.42. The summed E-state index contributed by atoms with van der Waals surface area (Å²) in [4.78, 5) is 20.6. The van der Waals surface area contributed by atoms with Gasteiger partial charge in [-0.15, -0.1) is 0 Å². The molecule has 0 radical (unpaired) electrons.